The van der Waals surface area contributed by atoms with Crippen molar-refractivity contribution in [3.8, 4) is 0 Å². The summed E-state index contributed by atoms with van der Waals surface area (Å²) >= 11 is 0. The number of nitrogens with two attached hydrogens (primary N) is 1. The molecular weight excluding hydrogens is 362 g/mol. The molecule has 6 nitrogen and oxygen atoms in total. The first-order valence-electron chi connectivity index (χ1n) is 8.58. The Morgan fingerprint density at radius 1 is 1.11 bits per heavy atom. The number of aryl methyl sites for hydroxylation is 2. The number of hydrogen-bond donors (Lipinski definition) is 2. The zero-order valence-corrected chi connectivity index (χ0v) is 16.6. The van der Waals surface area contributed by atoms with Gasteiger partial charge in [-0.15, -0.1) is 0 Å². The quantitative estimate of drug-likeness (QED) is 0.721. The second-order valence-electron chi connectivity index (χ2n) is 6.84. The van der Waals surface area contributed by atoms with E-state index >= 15 is 0 Å². The lowest BCUT2D eigenvalue weighted by molar-refractivity contribution is 0.0742. The van der Waals surface area contributed by atoms with Crippen LogP contribution in [0.3, 0.4) is 0 Å². The van der Waals surface area contributed by atoms with E-state index in [1.54, 1.807) is 24.1 Å². The third kappa shape index (κ3) is 3.61. The van der Waals surface area contributed by atoms with E-state index in [4.69, 9.17) is 5.14 Å². The summed E-state index contributed by atoms with van der Waals surface area (Å²) in [6.07, 6.45) is 0. The highest BCUT2D eigenvalue weighted by Crippen LogP contribution is 2.26. The lowest BCUT2D eigenvalue weighted by Crippen LogP contribution is -2.29. The van der Waals surface area contributed by atoms with Gasteiger partial charge >= 0.3 is 0 Å². The van der Waals surface area contributed by atoms with Crippen molar-refractivity contribution >= 4 is 26.8 Å². The summed E-state index contributed by atoms with van der Waals surface area (Å²) in [5, 5.41) is 6.17. The fourth-order valence-corrected chi connectivity index (χ4v) is 3.65. The van der Waals surface area contributed by atoms with Crippen LogP contribution in [0.2, 0.25) is 0 Å². The molecule has 7 heteroatoms. The minimum absolute atomic E-state index is 0.0520. The van der Waals surface area contributed by atoms with Crippen LogP contribution in [-0.4, -0.2) is 31.3 Å². The number of amides is 1. The van der Waals surface area contributed by atoms with E-state index in [9.17, 15) is 13.2 Å². The molecule has 0 saturated heterocycles. The molecule has 0 fully saturated rings. The maximum Gasteiger partial charge on any atom is 0.254 e. The van der Waals surface area contributed by atoms with Crippen molar-refractivity contribution in [2.24, 2.45) is 5.14 Å². The third-order valence-corrected chi connectivity index (χ3v) is 6.08. The molecule has 27 heavy (non-hydrogen) atoms. The van der Waals surface area contributed by atoms with Crippen molar-refractivity contribution in [3.05, 3.63) is 64.8 Å². The average molecular weight is 385 g/mol. The molecule has 0 unspecified atom stereocenters. The molecule has 3 aromatic rings. The van der Waals surface area contributed by atoms with Gasteiger partial charge in [-0.1, -0.05) is 12.1 Å². The van der Waals surface area contributed by atoms with Gasteiger partial charge in [-0.3, -0.25) is 4.79 Å². The molecule has 0 aliphatic rings. The van der Waals surface area contributed by atoms with Crippen molar-refractivity contribution in [1.82, 2.24) is 9.88 Å². The van der Waals surface area contributed by atoms with Gasteiger partial charge in [-0.25, -0.2) is 13.6 Å². The summed E-state index contributed by atoms with van der Waals surface area (Å²) in [7, 11) is -2.00. The maximum atomic E-state index is 12.9. The van der Waals surface area contributed by atoms with Crippen LogP contribution >= 0.6 is 0 Å². The van der Waals surface area contributed by atoms with Gasteiger partial charge in [0, 0.05) is 29.2 Å². The Kier molecular flexibility index (Phi) is 4.84. The van der Waals surface area contributed by atoms with Gasteiger partial charge in [0.2, 0.25) is 10.0 Å². The summed E-state index contributed by atoms with van der Waals surface area (Å²) < 4.78 is 22.8. The van der Waals surface area contributed by atoms with E-state index in [2.05, 4.69) is 4.98 Å². The first-order valence-corrected chi connectivity index (χ1v) is 10.1. The van der Waals surface area contributed by atoms with Crippen LogP contribution in [-0.2, 0) is 10.0 Å². The smallest absolute Gasteiger partial charge is 0.254 e. The van der Waals surface area contributed by atoms with E-state index in [0.717, 1.165) is 27.7 Å². The molecule has 2 aromatic carbocycles. The Bertz CT molecular complexity index is 1120. The number of hydrogen-bond acceptors (Lipinski definition) is 3. The van der Waals surface area contributed by atoms with Crippen LogP contribution < -0.4 is 5.14 Å². The number of fused-ring (bicyclic) bond motifs is 1. The fourth-order valence-electron chi connectivity index (χ4n) is 3.13. The molecule has 0 saturated carbocycles. The number of nitrogens with one attached hydrogen (secondary N) is 1. The molecule has 1 heterocycles. The second-order valence-corrected chi connectivity index (χ2v) is 8.40. The average Bonchev–Trinajstić information content (AvgIpc) is 2.93. The number of aromatic amines is 1. The fraction of sp³-hybridized carbons (Fsp3) is 0.250. The largest absolute Gasteiger partial charge is 0.358 e. The molecular formula is C20H23N3O3S. The summed E-state index contributed by atoms with van der Waals surface area (Å²) in [4.78, 5) is 17.9. The summed E-state index contributed by atoms with van der Waals surface area (Å²) in [5.41, 5.74) is 4.67. The van der Waals surface area contributed by atoms with Gasteiger partial charge in [-0.2, -0.15) is 0 Å². The van der Waals surface area contributed by atoms with Crippen molar-refractivity contribution < 1.29 is 13.2 Å². The molecule has 3 rings (SSSR count). The topological polar surface area (TPSA) is 96.3 Å². The Morgan fingerprint density at radius 3 is 2.33 bits per heavy atom. The monoisotopic (exact) mass is 385 g/mol. The van der Waals surface area contributed by atoms with Gasteiger partial charge in [-0.05, 0) is 62.2 Å². The Hall–Kier alpha value is -2.64. The number of nitrogens with zero attached hydrogens (tertiary/aromatic N) is 1. The van der Waals surface area contributed by atoms with Crippen LogP contribution in [0.4, 0.5) is 0 Å². The molecule has 3 N–H and O–H groups in total. The molecule has 0 radical (unpaired) electrons. The number of primary sulfonamides is 1. The number of benzene rings is 2. The number of aromatic nitrogens is 1. The van der Waals surface area contributed by atoms with E-state index in [-0.39, 0.29) is 16.8 Å². The molecule has 0 aliphatic carbocycles. The highest BCUT2D eigenvalue weighted by Gasteiger charge is 2.20. The van der Waals surface area contributed by atoms with E-state index in [0.29, 0.717) is 5.56 Å². The van der Waals surface area contributed by atoms with E-state index < -0.39 is 10.0 Å². The number of carbonyl (C=O) groups is 1. The predicted molar refractivity (Wildman–Crippen MR) is 106 cm³/mol. The lowest BCUT2D eigenvalue weighted by atomic mass is 10.0. The number of rotatable bonds is 4. The van der Waals surface area contributed by atoms with E-state index in [1.165, 1.54) is 12.1 Å². The summed E-state index contributed by atoms with van der Waals surface area (Å²) in [6, 6.07) is 11.7. The Balaban J connectivity index is 1.87. The third-order valence-electron chi connectivity index (χ3n) is 5.15. The van der Waals surface area contributed by atoms with Gasteiger partial charge in [0.25, 0.3) is 5.91 Å². The highest BCUT2D eigenvalue weighted by molar-refractivity contribution is 7.89. The SMILES string of the molecule is Cc1[nH]c2ccc(C(=O)N(C)[C@H](C)c3ccc(S(N)(=O)=O)cc3)cc2c1C. The molecule has 0 spiro atoms. The minimum atomic E-state index is -3.73. The van der Waals surface area contributed by atoms with Crippen LogP contribution in [0, 0.1) is 13.8 Å². The molecule has 1 atom stereocenters. The molecule has 0 bridgehead atoms. The van der Waals surface area contributed by atoms with Crippen LogP contribution in [0.25, 0.3) is 10.9 Å². The van der Waals surface area contributed by atoms with Crippen molar-refractivity contribution in [3.63, 3.8) is 0 Å². The predicted octanol–water partition coefficient (Wildman–Crippen LogP) is 3.27. The van der Waals surface area contributed by atoms with Crippen molar-refractivity contribution in [1.29, 1.82) is 0 Å². The first kappa shape index (κ1) is 19.1. The maximum absolute atomic E-state index is 12.9. The van der Waals surface area contributed by atoms with Crippen LogP contribution in [0.15, 0.2) is 47.4 Å². The summed E-state index contributed by atoms with van der Waals surface area (Å²) in [5.74, 6) is -0.0989. The normalized spacial score (nSPS) is 12.9. The number of carbonyl (C=O) groups excluding carboxylic acids is 1. The number of sulfonamides is 1. The Labute approximate surface area is 159 Å². The molecule has 142 valence electrons. The standard InChI is InChI=1S/C20H23N3O3S/c1-12-13(2)22-19-10-7-16(11-18(12)19)20(24)23(4)14(3)15-5-8-17(9-6-15)27(21,25)26/h5-11,14,22H,1-4H3,(H2,21,25,26)/t14-/m1/s1. The lowest BCUT2D eigenvalue weighted by Gasteiger charge is -2.25. The van der Waals surface area contributed by atoms with Crippen molar-refractivity contribution in [2.75, 3.05) is 7.05 Å². The van der Waals surface area contributed by atoms with Gasteiger partial charge in [0.1, 0.15) is 0 Å². The Morgan fingerprint density at radius 2 is 1.74 bits per heavy atom. The van der Waals surface area contributed by atoms with Crippen molar-refractivity contribution in [2.45, 2.75) is 31.7 Å². The number of H-pyrrole nitrogens is 1. The van der Waals surface area contributed by atoms with Gasteiger partial charge in [0.15, 0.2) is 0 Å². The summed E-state index contributed by atoms with van der Waals surface area (Å²) in [6.45, 7) is 5.94. The zero-order chi connectivity index (χ0) is 19.9. The van der Waals surface area contributed by atoms with Gasteiger partial charge in [0.05, 0.1) is 10.9 Å². The second kappa shape index (κ2) is 6.83. The van der Waals surface area contributed by atoms with Gasteiger partial charge < -0.3 is 9.88 Å². The van der Waals surface area contributed by atoms with Crippen LogP contribution in [0.5, 0.6) is 0 Å². The first-order chi connectivity index (χ1) is 12.6. The van der Waals surface area contributed by atoms with E-state index in [1.807, 2.05) is 39.0 Å². The highest BCUT2D eigenvalue weighted by atomic mass is 32.2. The van der Waals surface area contributed by atoms with Crippen LogP contribution in [0.1, 0.15) is 40.1 Å². The minimum Gasteiger partial charge on any atom is -0.358 e. The zero-order valence-electron chi connectivity index (χ0n) is 15.8. The molecule has 1 amide bonds. The molecule has 0 aliphatic heterocycles. The molecule has 1 aromatic heterocycles.